The summed E-state index contributed by atoms with van der Waals surface area (Å²) >= 11 is 0. The molecule has 2 fully saturated rings. The van der Waals surface area contributed by atoms with Crippen LogP contribution in [0.4, 0.5) is 0 Å². The molecule has 0 aromatic heterocycles. The molecule has 0 spiro atoms. The van der Waals surface area contributed by atoms with Crippen molar-refractivity contribution in [3.05, 3.63) is 0 Å². The van der Waals surface area contributed by atoms with E-state index in [1.54, 1.807) is 0 Å². The van der Waals surface area contributed by atoms with Gasteiger partial charge in [0.1, 0.15) is 5.78 Å². The first-order valence-electron chi connectivity index (χ1n) is 10.8. The van der Waals surface area contributed by atoms with E-state index in [0.29, 0.717) is 12.8 Å². The van der Waals surface area contributed by atoms with Crippen molar-refractivity contribution >= 4 is 29.7 Å². The van der Waals surface area contributed by atoms with Crippen molar-refractivity contribution in [1.82, 2.24) is 0 Å². The topological polar surface area (TPSA) is 159 Å². The van der Waals surface area contributed by atoms with E-state index in [1.165, 1.54) is 14.2 Å². The molecule has 6 atom stereocenters. The van der Waals surface area contributed by atoms with Gasteiger partial charge in [0, 0.05) is 11.8 Å². The molecule has 13 nitrogen and oxygen atoms in total. The second kappa shape index (κ2) is 13.3. The Bertz CT molecular complexity index is 691. The molecular formula is C21H30O13. The lowest BCUT2D eigenvalue weighted by Crippen LogP contribution is -2.43. The molecule has 2 aliphatic rings. The average Bonchev–Trinajstić information content (AvgIpc) is 2.83. The quantitative estimate of drug-likeness (QED) is 0.316. The van der Waals surface area contributed by atoms with Gasteiger partial charge in [0.25, 0.3) is 0 Å². The Kier molecular flexibility index (Phi) is 10.8. The van der Waals surface area contributed by atoms with Gasteiger partial charge in [-0.2, -0.15) is 19.6 Å². The Labute approximate surface area is 195 Å². The van der Waals surface area contributed by atoms with E-state index in [-0.39, 0.29) is 31.5 Å². The van der Waals surface area contributed by atoms with Gasteiger partial charge in [-0.3, -0.25) is 24.3 Å². The van der Waals surface area contributed by atoms with Crippen LogP contribution in [0.2, 0.25) is 0 Å². The highest BCUT2D eigenvalue weighted by Gasteiger charge is 2.48. The fraction of sp³-hybridized carbons (Fsp3) is 0.762. The second-order valence-corrected chi connectivity index (χ2v) is 8.12. The van der Waals surface area contributed by atoms with Crippen LogP contribution in [0, 0.1) is 35.5 Å². The third-order valence-electron chi connectivity index (χ3n) is 6.38. The molecule has 2 rings (SSSR count). The first-order chi connectivity index (χ1) is 16.3. The highest BCUT2D eigenvalue weighted by molar-refractivity contribution is 5.88. The maximum atomic E-state index is 13.4. The van der Waals surface area contributed by atoms with Crippen molar-refractivity contribution in [2.75, 3.05) is 28.4 Å². The van der Waals surface area contributed by atoms with E-state index < -0.39 is 59.4 Å². The Balaban J connectivity index is 2.15. The molecular weight excluding hydrogens is 460 g/mol. The van der Waals surface area contributed by atoms with Crippen molar-refractivity contribution < 1.29 is 63.1 Å². The molecule has 0 heterocycles. The summed E-state index contributed by atoms with van der Waals surface area (Å²) in [4.78, 5) is 98.7. The molecule has 0 N–H and O–H groups in total. The zero-order valence-electron chi connectivity index (χ0n) is 19.5. The van der Waals surface area contributed by atoms with E-state index in [2.05, 4.69) is 39.1 Å². The summed E-state index contributed by atoms with van der Waals surface area (Å²) in [6, 6.07) is 0. The first kappa shape index (κ1) is 27.6. The normalized spacial score (nSPS) is 28.9. The van der Waals surface area contributed by atoms with Crippen LogP contribution in [0.15, 0.2) is 0 Å². The zero-order valence-corrected chi connectivity index (χ0v) is 19.5. The molecule has 192 valence electrons. The van der Waals surface area contributed by atoms with Crippen LogP contribution in [-0.4, -0.2) is 58.1 Å². The van der Waals surface area contributed by atoms with Gasteiger partial charge < -0.3 is 0 Å². The van der Waals surface area contributed by atoms with Crippen LogP contribution in [0.25, 0.3) is 0 Å². The van der Waals surface area contributed by atoms with E-state index in [0.717, 1.165) is 14.2 Å². The van der Waals surface area contributed by atoms with Gasteiger partial charge in [-0.15, -0.1) is 0 Å². The monoisotopic (exact) mass is 490 g/mol. The Hall–Kier alpha value is -2.61. The van der Waals surface area contributed by atoms with Crippen molar-refractivity contribution in [2.45, 2.75) is 38.5 Å². The zero-order chi connectivity index (χ0) is 25.3. The van der Waals surface area contributed by atoms with Gasteiger partial charge in [-0.25, -0.2) is 19.2 Å². The highest BCUT2D eigenvalue weighted by atomic mass is 17.2. The summed E-state index contributed by atoms with van der Waals surface area (Å²) in [6.07, 6.45) is 1.07. The van der Waals surface area contributed by atoms with Gasteiger partial charge >= 0.3 is 23.9 Å². The van der Waals surface area contributed by atoms with E-state index in [1.807, 2.05) is 0 Å². The lowest BCUT2D eigenvalue weighted by Gasteiger charge is -2.36. The summed E-state index contributed by atoms with van der Waals surface area (Å²) in [5.41, 5.74) is 0. The van der Waals surface area contributed by atoms with Crippen LogP contribution in [0.1, 0.15) is 38.5 Å². The minimum Gasteiger partial charge on any atom is -0.299 e. The van der Waals surface area contributed by atoms with Crippen molar-refractivity contribution in [3.63, 3.8) is 0 Å². The molecule has 34 heavy (non-hydrogen) atoms. The Morgan fingerprint density at radius 3 is 1.06 bits per heavy atom. The molecule has 0 aliphatic heterocycles. The van der Waals surface area contributed by atoms with Crippen molar-refractivity contribution in [2.24, 2.45) is 35.5 Å². The number of rotatable bonds is 10. The number of carbonyl (C=O) groups excluding carboxylic acids is 5. The molecule has 0 aromatic carbocycles. The predicted molar refractivity (Wildman–Crippen MR) is 106 cm³/mol. The third-order valence-corrected chi connectivity index (χ3v) is 6.38. The largest absolute Gasteiger partial charge is 0.346 e. The molecule has 0 aromatic rings. The van der Waals surface area contributed by atoms with Crippen LogP contribution in [0.3, 0.4) is 0 Å². The molecule has 6 unspecified atom stereocenters. The second-order valence-electron chi connectivity index (χ2n) is 8.12. The molecule has 13 heteroatoms. The number of carbonyl (C=O) groups is 5. The summed E-state index contributed by atoms with van der Waals surface area (Å²) in [7, 11) is 4.63. The first-order valence-corrected chi connectivity index (χ1v) is 10.8. The van der Waals surface area contributed by atoms with Gasteiger partial charge in [-0.1, -0.05) is 0 Å². The van der Waals surface area contributed by atoms with E-state index in [9.17, 15) is 24.0 Å². The van der Waals surface area contributed by atoms with Gasteiger partial charge in [0.2, 0.25) is 0 Å². The fourth-order valence-electron chi connectivity index (χ4n) is 4.85. The average molecular weight is 490 g/mol. The number of hydrogen-bond acceptors (Lipinski definition) is 13. The lowest BCUT2D eigenvalue weighted by molar-refractivity contribution is -0.271. The van der Waals surface area contributed by atoms with E-state index in [4.69, 9.17) is 0 Å². The molecule has 0 radical (unpaired) electrons. The Morgan fingerprint density at radius 2 is 0.765 bits per heavy atom. The molecule has 0 bridgehead atoms. The Morgan fingerprint density at radius 1 is 0.471 bits per heavy atom. The lowest BCUT2D eigenvalue weighted by atomic mass is 9.66. The maximum absolute atomic E-state index is 13.4. The summed E-state index contributed by atoms with van der Waals surface area (Å²) < 4.78 is 0. The SMILES string of the molecule is COOC(=O)C1CCC(C(=O)C2CCC(C(=O)OOC)C(C(=O)OOC)C2)CC1C(=O)OOC. The molecule has 2 aliphatic carbocycles. The number of hydrogen-bond donors (Lipinski definition) is 0. The smallest absolute Gasteiger partial charge is 0.299 e. The summed E-state index contributed by atoms with van der Waals surface area (Å²) in [5, 5.41) is 0. The van der Waals surface area contributed by atoms with Crippen molar-refractivity contribution in [1.29, 1.82) is 0 Å². The van der Waals surface area contributed by atoms with Gasteiger partial charge in [0.15, 0.2) is 0 Å². The number of Topliss-reactive ketones (excluding diaryl/α,β-unsaturated/α-hetero) is 1. The summed E-state index contributed by atoms with van der Waals surface area (Å²) in [5.74, 6) is -8.11. The van der Waals surface area contributed by atoms with Crippen LogP contribution >= 0.6 is 0 Å². The van der Waals surface area contributed by atoms with Gasteiger partial charge in [0.05, 0.1) is 52.1 Å². The minimum atomic E-state index is -0.979. The third kappa shape index (κ3) is 6.72. The minimum absolute atomic E-state index is 0.0311. The van der Waals surface area contributed by atoms with Crippen molar-refractivity contribution in [3.8, 4) is 0 Å². The standard InChI is InChI=1S/C21H30O13/c1-27-31-18(23)13-7-5-11(9-15(13)20(25)33-29-3)17(22)12-6-8-14(19(24)32-28-2)16(10-12)21(26)34-30-4/h11-16H,5-10H2,1-4H3. The molecule has 0 amide bonds. The molecule has 2 saturated carbocycles. The summed E-state index contributed by atoms with van der Waals surface area (Å²) in [6.45, 7) is 0. The fourth-order valence-corrected chi connectivity index (χ4v) is 4.85. The van der Waals surface area contributed by atoms with Crippen LogP contribution < -0.4 is 0 Å². The predicted octanol–water partition coefficient (Wildman–Crippen LogP) is 1.04. The van der Waals surface area contributed by atoms with Crippen LogP contribution in [0.5, 0.6) is 0 Å². The number of ketones is 1. The molecule has 0 saturated heterocycles. The maximum Gasteiger partial charge on any atom is 0.346 e. The van der Waals surface area contributed by atoms with E-state index >= 15 is 0 Å². The highest BCUT2D eigenvalue weighted by Crippen LogP contribution is 2.42. The van der Waals surface area contributed by atoms with Crippen LogP contribution in [-0.2, 0) is 63.1 Å². The van der Waals surface area contributed by atoms with Gasteiger partial charge in [-0.05, 0) is 38.5 Å².